The summed E-state index contributed by atoms with van der Waals surface area (Å²) in [6.45, 7) is 5.00. The molecule has 0 radical (unpaired) electrons. The molecule has 24 heavy (non-hydrogen) atoms. The maximum absolute atomic E-state index is 13.0. The van der Waals surface area contributed by atoms with Crippen LogP contribution >= 0.6 is 0 Å². The van der Waals surface area contributed by atoms with Crippen molar-refractivity contribution in [3.63, 3.8) is 0 Å². The zero-order valence-corrected chi connectivity index (χ0v) is 14.8. The average molecular weight is 350 g/mol. The number of nitrogens with zero attached hydrogens (tertiary/aromatic N) is 2. The molecule has 2 heterocycles. The summed E-state index contributed by atoms with van der Waals surface area (Å²) in [4.78, 5) is 26.7. The van der Waals surface area contributed by atoms with Crippen molar-refractivity contribution < 1.29 is 18.0 Å². The van der Waals surface area contributed by atoms with Crippen molar-refractivity contribution in [1.29, 1.82) is 0 Å². The van der Waals surface area contributed by atoms with E-state index in [4.69, 9.17) is 0 Å². The normalized spacial score (nSPS) is 21.6. The summed E-state index contributed by atoms with van der Waals surface area (Å²) in [5.74, 6) is -0.739. The van der Waals surface area contributed by atoms with Crippen LogP contribution in [0.15, 0.2) is 23.1 Å². The van der Waals surface area contributed by atoms with Gasteiger partial charge in [-0.05, 0) is 56.4 Å². The highest BCUT2D eigenvalue weighted by molar-refractivity contribution is 7.89. The van der Waals surface area contributed by atoms with Crippen molar-refractivity contribution in [3.05, 3.63) is 29.3 Å². The van der Waals surface area contributed by atoms with Gasteiger partial charge in [0, 0.05) is 19.5 Å². The number of aryl methyl sites for hydroxylation is 2. The van der Waals surface area contributed by atoms with Gasteiger partial charge in [-0.15, -0.1) is 0 Å². The van der Waals surface area contributed by atoms with Crippen LogP contribution in [0.3, 0.4) is 0 Å². The molecule has 0 saturated carbocycles. The number of carbonyl (C=O) groups excluding carboxylic acids is 2. The number of rotatable bonds is 3. The van der Waals surface area contributed by atoms with Crippen LogP contribution < -0.4 is 0 Å². The fourth-order valence-electron chi connectivity index (χ4n) is 3.32. The Hall–Kier alpha value is -1.89. The first-order valence-electron chi connectivity index (χ1n) is 8.25. The zero-order chi connectivity index (χ0) is 17.5. The quantitative estimate of drug-likeness (QED) is 0.830. The summed E-state index contributed by atoms with van der Waals surface area (Å²) < 4.78 is 26.8. The first-order valence-corrected chi connectivity index (χ1v) is 9.69. The van der Waals surface area contributed by atoms with Crippen LogP contribution in [0, 0.1) is 13.8 Å². The molecule has 3 rings (SSSR count). The lowest BCUT2D eigenvalue weighted by atomic mass is 10.1. The molecule has 0 aliphatic carbocycles. The van der Waals surface area contributed by atoms with Crippen molar-refractivity contribution in [2.24, 2.45) is 0 Å². The maximum Gasteiger partial charge on any atom is 0.267 e. The Labute approximate surface area is 142 Å². The molecule has 1 unspecified atom stereocenters. The summed E-state index contributed by atoms with van der Waals surface area (Å²) in [6, 6.07) is 3.89. The van der Waals surface area contributed by atoms with Gasteiger partial charge in [0.15, 0.2) is 0 Å². The standard InChI is InChI=1S/C17H22N2O4S/c1-12-5-6-14(11-13(12)2)24(22,23)19-15(7-8-16(19)20)17(21)18-9-3-4-10-18/h5-6,11,15H,3-4,7-10H2,1-2H3. The van der Waals surface area contributed by atoms with E-state index >= 15 is 0 Å². The maximum atomic E-state index is 13.0. The average Bonchev–Trinajstić information content (AvgIpc) is 3.18. The van der Waals surface area contributed by atoms with Gasteiger partial charge in [0.05, 0.1) is 4.90 Å². The molecule has 0 N–H and O–H groups in total. The molecule has 2 aliphatic heterocycles. The molecular weight excluding hydrogens is 328 g/mol. The predicted molar refractivity (Wildman–Crippen MR) is 88.8 cm³/mol. The van der Waals surface area contributed by atoms with Gasteiger partial charge in [-0.25, -0.2) is 12.7 Å². The number of hydrogen-bond donors (Lipinski definition) is 0. The number of carbonyl (C=O) groups is 2. The Kier molecular flexibility index (Phi) is 4.38. The molecule has 1 atom stereocenters. The second kappa shape index (κ2) is 6.20. The molecule has 0 spiro atoms. The first kappa shape index (κ1) is 17.0. The molecule has 130 valence electrons. The third-order valence-corrected chi connectivity index (χ3v) is 6.72. The molecule has 0 bridgehead atoms. The number of amides is 2. The Morgan fingerprint density at radius 2 is 1.79 bits per heavy atom. The van der Waals surface area contributed by atoms with Crippen molar-refractivity contribution in [2.75, 3.05) is 13.1 Å². The Morgan fingerprint density at radius 1 is 1.12 bits per heavy atom. The summed E-state index contributed by atoms with van der Waals surface area (Å²) >= 11 is 0. The van der Waals surface area contributed by atoms with Gasteiger partial charge in [-0.1, -0.05) is 6.07 Å². The highest BCUT2D eigenvalue weighted by atomic mass is 32.2. The monoisotopic (exact) mass is 350 g/mol. The number of hydrogen-bond acceptors (Lipinski definition) is 4. The zero-order valence-electron chi connectivity index (χ0n) is 14.0. The van der Waals surface area contributed by atoms with Crippen LogP contribution in [0.5, 0.6) is 0 Å². The van der Waals surface area contributed by atoms with E-state index in [1.54, 1.807) is 17.0 Å². The Morgan fingerprint density at radius 3 is 2.42 bits per heavy atom. The van der Waals surface area contributed by atoms with Gasteiger partial charge in [0.1, 0.15) is 6.04 Å². The Bertz CT molecular complexity index is 782. The van der Waals surface area contributed by atoms with Crippen molar-refractivity contribution in [1.82, 2.24) is 9.21 Å². The molecule has 1 aromatic rings. The van der Waals surface area contributed by atoms with E-state index in [1.807, 2.05) is 13.8 Å². The third-order valence-electron chi connectivity index (χ3n) is 4.90. The molecule has 0 aromatic heterocycles. The first-order chi connectivity index (χ1) is 11.3. The fraction of sp³-hybridized carbons (Fsp3) is 0.529. The highest BCUT2D eigenvalue weighted by Crippen LogP contribution is 2.30. The Balaban J connectivity index is 1.95. The molecule has 2 fully saturated rings. The number of likely N-dealkylation sites (tertiary alicyclic amines) is 1. The summed E-state index contributed by atoms with van der Waals surface area (Å²) in [5.41, 5.74) is 1.82. The molecule has 2 aliphatic rings. The third kappa shape index (κ3) is 2.81. The molecule has 2 amide bonds. The predicted octanol–water partition coefficient (Wildman–Crippen LogP) is 1.61. The van der Waals surface area contributed by atoms with Gasteiger partial charge in [0.25, 0.3) is 10.0 Å². The SMILES string of the molecule is Cc1ccc(S(=O)(=O)N2C(=O)CCC2C(=O)N2CCCC2)cc1C. The minimum Gasteiger partial charge on any atom is -0.341 e. The van der Waals surface area contributed by atoms with Gasteiger partial charge in [-0.2, -0.15) is 0 Å². The smallest absolute Gasteiger partial charge is 0.267 e. The van der Waals surface area contributed by atoms with E-state index in [0.29, 0.717) is 13.1 Å². The van der Waals surface area contributed by atoms with Gasteiger partial charge < -0.3 is 4.90 Å². The van der Waals surface area contributed by atoms with Crippen LogP contribution in [-0.2, 0) is 19.6 Å². The minimum atomic E-state index is -4.01. The second-order valence-corrected chi connectivity index (χ2v) is 8.34. The lowest BCUT2D eigenvalue weighted by Crippen LogP contribution is -2.48. The lowest BCUT2D eigenvalue weighted by Gasteiger charge is -2.27. The largest absolute Gasteiger partial charge is 0.341 e. The van der Waals surface area contributed by atoms with E-state index < -0.39 is 22.0 Å². The van der Waals surface area contributed by atoms with Crippen molar-refractivity contribution in [2.45, 2.75) is 50.5 Å². The topological polar surface area (TPSA) is 74.8 Å². The molecule has 2 saturated heterocycles. The van der Waals surface area contributed by atoms with E-state index in [2.05, 4.69) is 0 Å². The number of sulfonamides is 1. The number of benzene rings is 1. The van der Waals surface area contributed by atoms with Gasteiger partial charge in [-0.3, -0.25) is 9.59 Å². The molecule has 7 heteroatoms. The van der Waals surface area contributed by atoms with E-state index in [1.165, 1.54) is 6.07 Å². The van der Waals surface area contributed by atoms with Crippen LogP contribution in [0.2, 0.25) is 0 Å². The fourth-order valence-corrected chi connectivity index (χ4v) is 5.01. The van der Waals surface area contributed by atoms with E-state index in [9.17, 15) is 18.0 Å². The van der Waals surface area contributed by atoms with E-state index in [0.717, 1.165) is 28.3 Å². The van der Waals surface area contributed by atoms with Crippen LogP contribution in [0.1, 0.15) is 36.8 Å². The van der Waals surface area contributed by atoms with Crippen molar-refractivity contribution >= 4 is 21.8 Å². The summed E-state index contributed by atoms with van der Waals surface area (Å²) in [5, 5.41) is 0. The summed E-state index contributed by atoms with van der Waals surface area (Å²) in [7, 11) is -4.01. The lowest BCUT2D eigenvalue weighted by molar-refractivity contribution is -0.136. The van der Waals surface area contributed by atoms with E-state index in [-0.39, 0.29) is 23.6 Å². The second-order valence-electron chi connectivity index (χ2n) is 6.53. The van der Waals surface area contributed by atoms with Gasteiger partial charge >= 0.3 is 0 Å². The molecule has 1 aromatic carbocycles. The highest BCUT2D eigenvalue weighted by Gasteiger charge is 2.45. The molecular formula is C17H22N2O4S. The van der Waals surface area contributed by atoms with Crippen molar-refractivity contribution in [3.8, 4) is 0 Å². The van der Waals surface area contributed by atoms with Gasteiger partial charge in [0.2, 0.25) is 11.8 Å². The molecule has 6 nitrogen and oxygen atoms in total. The van der Waals surface area contributed by atoms with Crippen LogP contribution in [-0.4, -0.2) is 48.6 Å². The summed E-state index contributed by atoms with van der Waals surface area (Å²) in [6.07, 6.45) is 2.21. The van der Waals surface area contributed by atoms with Crippen LogP contribution in [0.4, 0.5) is 0 Å². The minimum absolute atomic E-state index is 0.0695. The van der Waals surface area contributed by atoms with Crippen LogP contribution in [0.25, 0.3) is 0 Å².